The quantitative estimate of drug-likeness (QED) is 0.216. The van der Waals surface area contributed by atoms with Gasteiger partial charge in [0.25, 0.3) is 0 Å². The van der Waals surface area contributed by atoms with E-state index < -0.39 is 0 Å². The topological polar surface area (TPSA) is 8.17 Å². The highest BCUT2D eigenvalue weighted by molar-refractivity contribution is 9.10. The van der Waals surface area contributed by atoms with Gasteiger partial charge >= 0.3 is 0 Å². The number of halogens is 1. The number of benzene rings is 6. The maximum atomic E-state index is 3.60. The molecular weight excluding hydrogens is 516 g/mol. The Hall–Kier alpha value is -4.34. The van der Waals surface area contributed by atoms with Gasteiger partial charge < -0.3 is 9.47 Å². The van der Waals surface area contributed by atoms with E-state index >= 15 is 0 Å². The Labute approximate surface area is 224 Å². The monoisotopic (exact) mass is 538 g/mol. The van der Waals surface area contributed by atoms with Crippen LogP contribution in [0.25, 0.3) is 38.3 Å². The molecule has 37 heavy (non-hydrogen) atoms. The van der Waals surface area contributed by atoms with Crippen LogP contribution in [0.4, 0.5) is 17.1 Å². The van der Waals surface area contributed by atoms with E-state index in [0.717, 1.165) is 21.5 Å². The van der Waals surface area contributed by atoms with Gasteiger partial charge in [0.05, 0.1) is 11.0 Å². The van der Waals surface area contributed by atoms with Gasteiger partial charge in [0, 0.05) is 38.0 Å². The van der Waals surface area contributed by atoms with E-state index in [9.17, 15) is 0 Å². The van der Waals surface area contributed by atoms with Crippen molar-refractivity contribution in [1.82, 2.24) is 4.57 Å². The molecule has 1 heterocycles. The van der Waals surface area contributed by atoms with Crippen LogP contribution in [-0.4, -0.2) is 4.57 Å². The third-order valence-corrected chi connectivity index (χ3v) is 7.53. The van der Waals surface area contributed by atoms with Crippen molar-refractivity contribution in [2.75, 3.05) is 4.90 Å². The summed E-state index contributed by atoms with van der Waals surface area (Å²) in [7, 11) is 0. The van der Waals surface area contributed by atoms with Gasteiger partial charge in [-0.3, -0.25) is 0 Å². The molecule has 0 aliphatic rings. The van der Waals surface area contributed by atoms with Crippen molar-refractivity contribution < 1.29 is 0 Å². The average Bonchev–Trinajstić information content (AvgIpc) is 3.28. The molecule has 1 aromatic heterocycles. The van der Waals surface area contributed by atoms with Gasteiger partial charge in [-0.1, -0.05) is 82.7 Å². The van der Waals surface area contributed by atoms with Crippen molar-refractivity contribution in [1.29, 1.82) is 0 Å². The lowest BCUT2D eigenvalue weighted by atomic mass is 10.1. The van der Waals surface area contributed by atoms with Gasteiger partial charge in [0.1, 0.15) is 0 Å². The van der Waals surface area contributed by atoms with Gasteiger partial charge in [-0.05, 0) is 83.6 Å². The number of anilines is 3. The van der Waals surface area contributed by atoms with Crippen molar-refractivity contribution in [3.63, 3.8) is 0 Å². The fourth-order valence-electron chi connectivity index (χ4n) is 5.31. The molecule has 3 heteroatoms. The highest BCUT2D eigenvalue weighted by Gasteiger charge is 2.17. The Bertz CT molecular complexity index is 1890. The van der Waals surface area contributed by atoms with Gasteiger partial charge in [-0.15, -0.1) is 0 Å². The molecule has 0 saturated heterocycles. The molecule has 6 aromatic carbocycles. The standard InChI is InChI=1S/C34H23BrN2/c35-26-15-18-28(19-16-26)36(29-17-14-24-8-4-5-9-25(24)22-29)30-20-21-34-32(23-30)31-12-6-7-13-33(31)37(34)27-10-2-1-3-11-27/h1-23H. The van der Waals surface area contributed by atoms with Crippen LogP contribution in [0.2, 0.25) is 0 Å². The summed E-state index contributed by atoms with van der Waals surface area (Å²) in [4.78, 5) is 2.34. The van der Waals surface area contributed by atoms with Crippen molar-refractivity contribution in [3.05, 3.63) is 144 Å². The molecule has 0 aliphatic heterocycles. The van der Waals surface area contributed by atoms with Gasteiger partial charge in [-0.2, -0.15) is 0 Å². The molecule has 0 N–H and O–H groups in total. The van der Waals surface area contributed by atoms with Crippen molar-refractivity contribution >= 4 is 65.6 Å². The first-order valence-corrected chi connectivity index (χ1v) is 13.2. The smallest absolute Gasteiger partial charge is 0.0542 e. The van der Waals surface area contributed by atoms with E-state index in [0.29, 0.717) is 0 Å². The minimum absolute atomic E-state index is 1.07. The highest BCUT2D eigenvalue weighted by atomic mass is 79.9. The second kappa shape index (κ2) is 8.95. The molecule has 0 bridgehead atoms. The summed E-state index contributed by atoms with van der Waals surface area (Å²) in [6.45, 7) is 0. The van der Waals surface area contributed by atoms with Gasteiger partial charge in [0.15, 0.2) is 0 Å². The summed E-state index contributed by atoms with van der Waals surface area (Å²) in [6, 6.07) is 49.8. The normalized spacial score (nSPS) is 11.4. The average molecular weight is 539 g/mol. The van der Waals surface area contributed by atoms with E-state index in [1.165, 1.54) is 38.3 Å². The predicted molar refractivity (Wildman–Crippen MR) is 161 cm³/mol. The molecule has 0 amide bonds. The number of para-hydroxylation sites is 2. The minimum Gasteiger partial charge on any atom is -0.310 e. The van der Waals surface area contributed by atoms with Gasteiger partial charge in [0.2, 0.25) is 0 Å². The molecule has 176 valence electrons. The number of rotatable bonds is 4. The molecule has 2 nitrogen and oxygen atoms in total. The van der Waals surface area contributed by atoms with Crippen molar-refractivity contribution in [2.24, 2.45) is 0 Å². The lowest BCUT2D eigenvalue weighted by Crippen LogP contribution is -2.09. The second-order valence-electron chi connectivity index (χ2n) is 9.23. The molecule has 7 aromatic rings. The number of hydrogen-bond donors (Lipinski definition) is 0. The van der Waals surface area contributed by atoms with Crippen molar-refractivity contribution in [3.8, 4) is 5.69 Å². The van der Waals surface area contributed by atoms with E-state index in [1.807, 2.05) is 0 Å². The zero-order valence-corrected chi connectivity index (χ0v) is 21.6. The Morgan fingerprint density at radius 1 is 0.459 bits per heavy atom. The lowest BCUT2D eigenvalue weighted by molar-refractivity contribution is 1.18. The molecule has 0 spiro atoms. The van der Waals surface area contributed by atoms with Crippen LogP contribution in [0.1, 0.15) is 0 Å². The van der Waals surface area contributed by atoms with Crippen LogP contribution in [-0.2, 0) is 0 Å². The third-order valence-electron chi connectivity index (χ3n) is 7.00. The Morgan fingerprint density at radius 3 is 1.92 bits per heavy atom. The summed E-state index contributed by atoms with van der Waals surface area (Å²) >= 11 is 3.60. The van der Waals surface area contributed by atoms with E-state index in [-0.39, 0.29) is 0 Å². The Balaban J connectivity index is 1.48. The van der Waals surface area contributed by atoms with Gasteiger partial charge in [-0.25, -0.2) is 0 Å². The predicted octanol–water partition coefficient (Wildman–Crippen LogP) is 10.2. The minimum atomic E-state index is 1.07. The molecular formula is C34H23BrN2. The van der Waals surface area contributed by atoms with Crippen LogP contribution in [0, 0.1) is 0 Å². The number of hydrogen-bond acceptors (Lipinski definition) is 1. The fourth-order valence-corrected chi connectivity index (χ4v) is 5.57. The van der Waals surface area contributed by atoms with E-state index in [4.69, 9.17) is 0 Å². The fraction of sp³-hybridized carbons (Fsp3) is 0. The number of aromatic nitrogens is 1. The molecule has 0 radical (unpaired) electrons. The summed E-state index contributed by atoms with van der Waals surface area (Å²) < 4.78 is 3.42. The third kappa shape index (κ3) is 3.80. The Morgan fingerprint density at radius 2 is 1.08 bits per heavy atom. The molecule has 7 rings (SSSR count). The first-order valence-electron chi connectivity index (χ1n) is 12.4. The van der Waals surface area contributed by atoms with Crippen LogP contribution >= 0.6 is 15.9 Å². The van der Waals surface area contributed by atoms with E-state index in [2.05, 4.69) is 165 Å². The summed E-state index contributed by atoms with van der Waals surface area (Å²) in [5, 5.41) is 4.95. The van der Waals surface area contributed by atoms with Crippen LogP contribution in [0.5, 0.6) is 0 Å². The molecule has 0 saturated carbocycles. The summed E-state index contributed by atoms with van der Waals surface area (Å²) in [6.07, 6.45) is 0. The Kier molecular flexibility index (Phi) is 5.30. The highest BCUT2D eigenvalue weighted by Crippen LogP contribution is 2.40. The van der Waals surface area contributed by atoms with Crippen molar-refractivity contribution in [2.45, 2.75) is 0 Å². The first kappa shape index (κ1) is 21.9. The molecule has 0 atom stereocenters. The SMILES string of the molecule is Brc1ccc(N(c2ccc3ccccc3c2)c2ccc3c(c2)c2ccccc2n3-c2ccccc2)cc1. The van der Waals surface area contributed by atoms with E-state index in [1.54, 1.807) is 0 Å². The maximum absolute atomic E-state index is 3.60. The summed E-state index contributed by atoms with van der Waals surface area (Å²) in [5.41, 5.74) is 6.95. The molecule has 0 fully saturated rings. The second-order valence-corrected chi connectivity index (χ2v) is 10.1. The van der Waals surface area contributed by atoms with Crippen LogP contribution < -0.4 is 4.90 Å². The zero-order valence-electron chi connectivity index (χ0n) is 20.1. The molecule has 0 unspecified atom stereocenters. The zero-order chi connectivity index (χ0) is 24.8. The lowest BCUT2D eigenvalue weighted by Gasteiger charge is -2.26. The van der Waals surface area contributed by atoms with Crippen LogP contribution in [0.3, 0.4) is 0 Å². The summed E-state index contributed by atoms with van der Waals surface area (Å²) in [5.74, 6) is 0. The molecule has 0 aliphatic carbocycles. The number of fused-ring (bicyclic) bond motifs is 4. The van der Waals surface area contributed by atoms with Crippen LogP contribution in [0.15, 0.2) is 144 Å². The largest absolute Gasteiger partial charge is 0.310 e. The maximum Gasteiger partial charge on any atom is 0.0542 e. The first-order chi connectivity index (χ1) is 18.3. The number of nitrogens with zero attached hydrogens (tertiary/aromatic N) is 2.